The number of ketones is 4. The standard InChI is InChI=1S/C26H17ClN2O5/c27-16-4-3-5-18(12-16)29-26(34)24(32)14-22(30)15-8-10-17(11-9-15)28-21-13-23(31)25(33)20-7-2-1-6-19(20)21/h1-13,28H,14H2,(H,29,34). The second-order valence-corrected chi connectivity index (χ2v) is 7.92. The van der Waals surface area contributed by atoms with Gasteiger partial charge in [-0.2, -0.15) is 0 Å². The van der Waals surface area contributed by atoms with E-state index in [4.69, 9.17) is 11.6 Å². The number of allylic oxidation sites excluding steroid dienone is 1. The van der Waals surface area contributed by atoms with Crippen LogP contribution in [0.25, 0.3) is 5.70 Å². The molecule has 168 valence electrons. The SMILES string of the molecule is O=C1C=C(Nc2ccc(C(=O)CC(=O)C(=O)Nc3cccc(Cl)c3)cc2)c2ccccc2C1=O. The molecular weight excluding hydrogens is 456 g/mol. The molecule has 8 heteroatoms. The summed E-state index contributed by atoms with van der Waals surface area (Å²) < 4.78 is 0. The summed E-state index contributed by atoms with van der Waals surface area (Å²) in [6.45, 7) is 0. The summed E-state index contributed by atoms with van der Waals surface area (Å²) >= 11 is 5.85. The monoisotopic (exact) mass is 472 g/mol. The number of carbonyl (C=O) groups excluding carboxylic acids is 5. The van der Waals surface area contributed by atoms with Crippen LogP contribution in [0.5, 0.6) is 0 Å². The average molecular weight is 473 g/mol. The quantitative estimate of drug-likeness (QED) is 0.301. The van der Waals surface area contributed by atoms with E-state index in [1.165, 1.54) is 24.3 Å². The Balaban J connectivity index is 1.40. The maximum Gasteiger partial charge on any atom is 0.292 e. The number of hydrogen-bond donors (Lipinski definition) is 2. The molecule has 2 N–H and O–H groups in total. The van der Waals surface area contributed by atoms with E-state index in [1.807, 2.05) is 0 Å². The molecule has 1 amide bonds. The summed E-state index contributed by atoms with van der Waals surface area (Å²) in [6.07, 6.45) is 0.648. The van der Waals surface area contributed by atoms with Crippen molar-refractivity contribution in [2.75, 3.05) is 10.6 Å². The lowest BCUT2D eigenvalue weighted by Gasteiger charge is -2.18. The largest absolute Gasteiger partial charge is 0.355 e. The van der Waals surface area contributed by atoms with E-state index in [1.54, 1.807) is 54.6 Å². The van der Waals surface area contributed by atoms with Crippen LogP contribution < -0.4 is 10.6 Å². The first-order valence-corrected chi connectivity index (χ1v) is 10.6. The fourth-order valence-electron chi connectivity index (χ4n) is 3.42. The first-order valence-electron chi connectivity index (χ1n) is 10.2. The lowest BCUT2D eigenvalue weighted by Crippen LogP contribution is -2.25. The topological polar surface area (TPSA) is 109 Å². The maximum absolute atomic E-state index is 12.5. The molecular formula is C26H17ClN2O5. The van der Waals surface area contributed by atoms with Gasteiger partial charge in [-0.1, -0.05) is 41.9 Å². The molecule has 0 saturated carbocycles. The highest BCUT2D eigenvalue weighted by molar-refractivity contribution is 6.50. The number of amides is 1. The van der Waals surface area contributed by atoms with Crippen molar-refractivity contribution in [1.82, 2.24) is 0 Å². The number of halogens is 1. The Kier molecular flexibility index (Phi) is 6.47. The third-order valence-corrected chi connectivity index (χ3v) is 5.34. The minimum Gasteiger partial charge on any atom is -0.355 e. The Bertz CT molecular complexity index is 1380. The first kappa shape index (κ1) is 22.8. The maximum atomic E-state index is 12.5. The van der Waals surface area contributed by atoms with E-state index >= 15 is 0 Å². The van der Waals surface area contributed by atoms with Crippen molar-refractivity contribution in [1.29, 1.82) is 0 Å². The van der Waals surface area contributed by atoms with Crippen LogP contribution in [0.4, 0.5) is 11.4 Å². The third-order valence-electron chi connectivity index (χ3n) is 5.10. The molecule has 0 aliphatic heterocycles. The second-order valence-electron chi connectivity index (χ2n) is 7.49. The number of hydrogen-bond acceptors (Lipinski definition) is 6. The highest BCUT2D eigenvalue weighted by Crippen LogP contribution is 2.26. The Labute approximate surface area is 199 Å². The van der Waals surface area contributed by atoms with Gasteiger partial charge in [0.1, 0.15) is 0 Å². The van der Waals surface area contributed by atoms with Gasteiger partial charge >= 0.3 is 0 Å². The van der Waals surface area contributed by atoms with E-state index in [9.17, 15) is 24.0 Å². The van der Waals surface area contributed by atoms with Crippen LogP contribution in [-0.4, -0.2) is 29.0 Å². The van der Waals surface area contributed by atoms with Gasteiger partial charge in [0.15, 0.2) is 5.78 Å². The number of anilines is 2. The fourth-order valence-corrected chi connectivity index (χ4v) is 3.61. The van der Waals surface area contributed by atoms with Gasteiger partial charge < -0.3 is 10.6 Å². The minimum absolute atomic E-state index is 0.249. The van der Waals surface area contributed by atoms with Gasteiger partial charge in [-0.3, -0.25) is 24.0 Å². The van der Waals surface area contributed by atoms with Gasteiger partial charge in [-0.25, -0.2) is 0 Å². The number of Topliss-reactive ketones (excluding diaryl/α,β-unsaturated/α-hetero) is 3. The van der Waals surface area contributed by atoms with Crippen LogP contribution in [0.2, 0.25) is 5.02 Å². The smallest absolute Gasteiger partial charge is 0.292 e. The molecule has 7 nitrogen and oxygen atoms in total. The molecule has 1 aliphatic rings. The summed E-state index contributed by atoms with van der Waals surface area (Å²) in [6, 6.07) is 19.3. The van der Waals surface area contributed by atoms with Gasteiger partial charge in [0.2, 0.25) is 17.3 Å². The summed E-state index contributed by atoms with van der Waals surface area (Å²) in [5.74, 6) is -3.48. The van der Waals surface area contributed by atoms with Crippen LogP contribution in [0.1, 0.15) is 32.7 Å². The van der Waals surface area contributed by atoms with Crippen LogP contribution >= 0.6 is 11.6 Å². The minimum atomic E-state index is -0.906. The molecule has 4 rings (SSSR count). The Morgan fingerprint density at radius 2 is 1.50 bits per heavy atom. The summed E-state index contributed by atoms with van der Waals surface area (Å²) in [4.78, 5) is 60.8. The number of benzene rings is 3. The molecule has 0 aromatic heterocycles. The van der Waals surface area contributed by atoms with Crippen LogP contribution in [0.15, 0.2) is 78.9 Å². The molecule has 0 unspecified atom stereocenters. The van der Waals surface area contributed by atoms with E-state index in [0.29, 0.717) is 33.2 Å². The number of nitrogens with one attached hydrogen (secondary N) is 2. The zero-order valence-electron chi connectivity index (χ0n) is 17.6. The van der Waals surface area contributed by atoms with Gasteiger partial charge in [-0.15, -0.1) is 0 Å². The van der Waals surface area contributed by atoms with Crippen LogP contribution in [-0.2, 0) is 14.4 Å². The normalized spacial score (nSPS) is 12.4. The fraction of sp³-hybridized carbons (Fsp3) is 0.0385. The Morgan fingerprint density at radius 3 is 2.21 bits per heavy atom. The van der Waals surface area contributed by atoms with Crippen molar-refractivity contribution in [3.8, 4) is 0 Å². The molecule has 0 spiro atoms. The molecule has 1 aliphatic carbocycles. The van der Waals surface area contributed by atoms with Crippen molar-refractivity contribution in [2.24, 2.45) is 0 Å². The molecule has 3 aromatic carbocycles. The Morgan fingerprint density at radius 1 is 0.794 bits per heavy atom. The van der Waals surface area contributed by atoms with Crippen molar-refractivity contribution >= 4 is 57.7 Å². The van der Waals surface area contributed by atoms with Gasteiger partial charge in [-0.05, 0) is 42.5 Å². The molecule has 0 heterocycles. The molecule has 0 radical (unpaired) electrons. The number of fused-ring (bicyclic) bond motifs is 1. The van der Waals surface area contributed by atoms with Crippen molar-refractivity contribution < 1.29 is 24.0 Å². The predicted octanol–water partition coefficient (Wildman–Crippen LogP) is 4.34. The summed E-state index contributed by atoms with van der Waals surface area (Å²) in [5.41, 5.74) is 2.56. The van der Waals surface area contributed by atoms with E-state index in [0.717, 1.165) is 0 Å². The second kappa shape index (κ2) is 9.64. The predicted molar refractivity (Wildman–Crippen MR) is 128 cm³/mol. The molecule has 0 saturated heterocycles. The molecule has 0 atom stereocenters. The van der Waals surface area contributed by atoms with E-state index in [2.05, 4.69) is 10.6 Å². The molecule has 34 heavy (non-hydrogen) atoms. The van der Waals surface area contributed by atoms with Crippen LogP contribution in [0, 0.1) is 0 Å². The van der Waals surface area contributed by atoms with Crippen molar-refractivity contribution in [3.63, 3.8) is 0 Å². The van der Waals surface area contributed by atoms with Gasteiger partial charge in [0.05, 0.1) is 12.1 Å². The highest BCUT2D eigenvalue weighted by Gasteiger charge is 2.25. The van der Waals surface area contributed by atoms with Crippen molar-refractivity contribution in [2.45, 2.75) is 6.42 Å². The average Bonchev–Trinajstić information content (AvgIpc) is 2.82. The van der Waals surface area contributed by atoms with Crippen molar-refractivity contribution in [3.05, 3.63) is 101 Å². The molecule has 0 bridgehead atoms. The summed E-state index contributed by atoms with van der Waals surface area (Å²) in [5, 5.41) is 5.90. The first-order chi connectivity index (χ1) is 16.3. The number of carbonyl (C=O) groups is 5. The van der Waals surface area contributed by atoms with E-state index < -0.39 is 35.5 Å². The number of rotatable bonds is 7. The lowest BCUT2D eigenvalue weighted by atomic mass is 9.92. The van der Waals surface area contributed by atoms with Crippen LogP contribution in [0.3, 0.4) is 0 Å². The zero-order valence-corrected chi connectivity index (χ0v) is 18.4. The Hall–Kier alpha value is -4.36. The third kappa shape index (κ3) is 5.00. The zero-order chi connectivity index (χ0) is 24.2. The van der Waals surface area contributed by atoms with Gasteiger partial charge in [0, 0.05) is 39.2 Å². The molecule has 0 fully saturated rings. The summed E-state index contributed by atoms with van der Waals surface area (Å²) in [7, 11) is 0. The van der Waals surface area contributed by atoms with E-state index in [-0.39, 0.29) is 5.56 Å². The lowest BCUT2D eigenvalue weighted by molar-refractivity contribution is -0.134. The van der Waals surface area contributed by atoms with Gasteiger partial charge in [0.25, 0.3) is 5.91 Å². The highest BCUT2D eigenvalue weighted by atomic mass is 35.5. The molecule has 3 aromatic rings.